The van der Waals surface area contributed by atoms with Crippen LogP contribution >= 0.6 is 0 Å². The van der Waals surface area contributed by atoms with E-state index in [4.69, 9.17) is 17.2 Å². The van der Waals surface area contributed by atoms with Gasteiger partial charge >= 0.3 is 11.9 Å². The summed E-state index contributed by atoms with van der Waals surface area (Å²) in [6, 6.07) is -5.17. The van der Waals surface area contributed by atoms with E-state index < -0.39 is 66.2 Å². The first-order chi connectivity index (χ1) is 16.3. The van der Waals surface area contributed by atoms with Crippen molar-refractivity contribution in [3.8, 4) is 0 Å². The van der Waals surface area contributed by atoms with Gasteiger partial charge in [-0.2, -0.15) is 0 Å². The van der Waals surface area contributed by atoms with Crippen molar-refractivity contribution in [1.82, 2.24) is 16.0 Å². The number of nitrogens with one attached hydrogen (secondary N) is 3. The summed E-state index contributed by atoms with van der Waals surface area (Å²) in [5, 5.41) is 25.3. The van der Waals surface area contributed by atoms with Crippen molar-refractivity contribution in [2.24, 2.45) is 23.1 Å². The Morgan fingerprint density at radius 3 is 1.83 bits per heavy atom. The molecule has 0 bridgehead atoms. The molecule has 200 valence electrons. The van der Waals surface area contributed by atoms with E-state index in [2.05, 4.69) is 16.0 Å². The second kappa shape index (κ2) is 16.4. The van der Waals surface area contributed by atoms with Gasteiger partial charge in [-0.3, -0.25) is 24.0 Å². The Morgan fingerprint density at radius 2 is 1.34 bits per heavy atom. The van der Waals surface area contributed by atoms with Gasteiger partial charge in [-0.05, 0) is 44.6 Å². The van der Waals surface area contributed by atoms with Gasteiger partial charge in [-0.25, -0.2) is 4.79 Å². The fourth-order valence-electron chi connectivity index (χ4n) is 3.13. The molecule has 0 aliphatic heterocycles. The van der Waals surface area contributed by atoms with Crippen LogP contribution in [0.1, 0.15) is 58.8 Å². The summed E-state index contributed by atoms with van der Waals surface area (Å²) >= 11 is 0. The number of hydrogen-bond donors (Lipinski definition) is 8. The number of aliphatic carboxylic acids is 2. The molecule has 0 rings (SSSR count). The van der Waals surface area contributed by atoms with E-state index in [-0.39, 0.29) is 25.2 Å². The minimum atomic E-state index is -1.64. The number of rotatable bonds is 18. The highest BCUT2D eigenvalue weighted by Crippen LogP contribution is 2.07. The van der Waals surface area contributed by atoms with Crippen molar-refractivity contribution in [3.63, 3.8) is 0 Å². The van der Waals surface area contributed by atoms with Crippen molar-refractivity contribution in [2.75, 3.05) is 6.54 Å². The third-order valence-electron chi connectivity index (χ3n) is 4.95. The number of carboxylic acids is 2. The van der Waals surface area contributed by atoms with Crippen LogP contribution in [0.2, 0.25) is 0 Å². The van der Waals surface area contributed by atoms with Crippen LogP contribution in [-0.4, -0.2) is 76.5 Å². The summed E-state index contributed by atoms with van der Waals surface area (Å²) in [5.74, 6) is -6.06. The number of carbonyl (C=O) groups excluding carboxylic acids is 4. The number of hydrogen-bond acceptors (Lipinski definition) is 8. The Morgan fingerprint density at radius 1 is 0.800 bits per heavy atom. The number of amides is 4. The average molecular weight is 503 g/mol. The molecule has 0 aromatic rings. The number of unbranched alkanes of at least 4 members (excludes halogenated alkanes) is 1. The van der Waals surface area contributed by atoms with E-state index in [1.807, 2.05) is 13.8 Å². The second-order valence-corrected chi connectivity index (χ2v) is 8.65. The van der Waals surface area contributed by atoms with Crippen LogP contribution in [0.15, 0.2) is 0 Å². The van der Waals surface area contributed by atoms with Gasteiger partial charge in [0.15, 0.2) is 0 Å². The van der Waals surface area contributed by atoms with Gasteiger partial charge < -0.3 is 43.4 Å². The lowest BCUT2D eigenvalue weighted by Gasteiger charge is -2.25. The van der Waals surface area contributed by atoms with E-state index in [0.717, 1.165) is 0 Å². The lowest BCUT2D eigenvalue weighted by atomic mass is 10.0. The topological polar surface area (TPSA) is 257 Å². The lowest BCUT2D eigenvalue weighted by molar-refractivity contribution is -0.143. The third-order valence-corrected chi connectivity index (χ3v) is 4.95. The van der Waals surface area contributed by atoms with Crippen LogP contribution in [0.3, 0.4) is 0 Å². The van der Waals surface area contributed by atoms with E-state index in [9.17, 15) is 39.0 Å². The van der Waals surface area contributed by atoms with Crippen LogP contribution in [-0.2, 0) is 28.8 Å². The fourth-order valence-corrected chi connectivity index (χ4v) is 3.13. The van der Waals surface area contributed by atoms with Crippen LogP contribution in [0.25, 0.3) is 0 Å². The van der Waals surface area contributed by atoms with Crippen LogP contribution in [0.4, 0.5) is 0 Å². The molecule has 14 heteroatoms. The maximum atomic E-state index is 12.9. The lowest BCUT2D eigenvalue weighted by Crippen LogP contribution is -2.57. The van der Waals surface area contributed by atoms with E-state index in [1.165, 1.54) is 0 Å². The maximum Gasteiger partial charge on any atom is 0.326 e. The quantitative estimate of drug-likeness (QED) is 0.0935. The van der Waals surface area contributed by atoms with Gasteiger partial charge in [0, 0.05) is 6.42 Å². The highest BCUT2D eigenvalue weighted by Gasteiger charge is 2.31. The highest BCUT2D eigenvalue weighted by atomic mass is 16.4. The zero-order valence-corrected chi connectivity index (χ0v) is 20.1. The largest absolute Gasteiger partial charge is 0.481 e. The van der Waals surface area contributed by atoms with Gasteiger partial charge in [-0.1, -0.05) is 13.8 Å². The van der Waals surface area contributed by atoms with Crippen molar-refractivity contribution in [1.29, 1.82) is 0 Å². The van der Waals surface area contributed by atoms with Crippen molar-refractivity contribution in [3.05, 3.63) is 0 Å². The Hall–Kier alpha value is -3.26. The molecule has 0 aromatic heterocycles. The zero-order valence-electron chi connectivity index (χ0n) is 20.1. The molecule has 0 radical (unpaired) electrons. The average Bonchev–Trinajstić information content (AvgIpc) is 2.73. The van der Waals surface area contributed by atoms with Crippen molar-refractivity contribution < 1.29 is 39.0 Å². The number of primary amides is 1. The minimum Gasteiger partial charge on any atom is -0.481 e. The first-order valence-corrected chi connectivity index (χ1v) is 11.4. The molecule has 4 amide bonds. The molecule has 0 fully saturated rings. The predicted octanol–water partition coefficient (Wildman–Crippen LogP) is -2.23. The summed E-state index contributed by atoms with van der Waals surface area (Å²) in [7, 11) is 0. The van der Waals surface area contributed by atoms with E-state index in [0.29, 0.717) is 25.8 Å². The molecular weight excluding hydrogens is 464 g/mol. The standard InChI is InChI=1S/C21H38N6O8/c1-11(2)9-12(23)18(31)25-13(5-3-4-8-22)19(32)27-15(10-17(29)30)20(33)26-14(21(34)35)6-7-16(24)28/h11-15H,3-10,22-23H2,1-2H3,(H2,24,28)(H,25,31)(H,26,33)(H,27,32)(H,29,30)(H,34,35). The normalized spacial score (nSPS) is 14.3. The minimum absolute atomic E-state index is 0.126. The smallest absolute Gasteiger partial charge is 0.326 e. The summed E-state index contributed by atoms with van der Waals surface area (Å²) in [6.45, 7) is 4.10. The fraction of sp³-hybridized carbons (Fsp3) is 0.714. The molecule has 0 saturated carbocycles. The Kier molecular flexibility index (Phi) is 14.9. The molecule has 0 aliphatic rings. The molecule has 0 heterocycles. The molecule has 0 aliphatic carbocycles. The molecule has 11 N–H and O–H groups in total. The first kappa shape index (κ1) is 31.7. The molecule has 0 aromatic carbocycles. The van der Waals surface area contributed by atoms with Gasteiger partial charge in [0.2, 0.25) is 23.6 Å². The third kappa shape index (κ3) is 13.9. The Bertz CT molecular complexity index is 760. The van der Waals surface area contributed by atoms with Gasteiger partial charge in [0.25, 0.3) is 0 Å². The first-order valence-electron chi connectivity index (χ1n) is 11.4. The Balaban J connectivity index is 5.53. The molecule has 35 heavy (non-hydrogen) atoms. The summed E-state index contributed by atoms with van der Waals surface area (Å²) in [5.41, 5.74) is 16.4. The molecule has 4 atom stereocenters. The van der Waals surface area contributed by atoms with Gasteiger partial charge in [0.05, 0.1) is 12.5 Å². The number of nitrogens with two attached hydrogens (primary N) is 3. The second-order valence-electron chi connectivity index (χ2n) is 8.65. The SMILES string of the molecule is CC(C)CC(N)C(=O)NC(CCCCN)C(=O)NC(CC(=O)O)C(=O)NC(CCC(N)=O)C(=O)O. The maximum absolute atomic E-state index is 12.9. The summed E-state index contributed by atoms with van der Waals surface area (Å²) < 4.78 is 0. The Labute approximate surface area is 203 Å². The molecule has 0 saturated heterocycles. The number of carboxylic acid groups (broad SMARTS) is 2. The molecule has 14 nitrogen and oxygen atoms in total. The van der Waals surface area contributed by atoms with Gasteiger partial charge in [0.1, 0.15) is 18.1 Å². The van der Waals surface area contributed by atoms with Crippen LogP contribution in [0, 0.1) is 5.92 Å². The molecule has 4 unspecified atom stereocenters. The van der Waals surface area contributed by atoms with Gasteiger partial charge in [-0.15, -0.1) is 0 Å². The van der Waals surface area contributed by atoms with Crippen molar-refractivity contribution >= 4 is 35.6 Å². The van der Waals surface area contributed by atoms with E-state index in [1.54, 1.807) is 0 Å². The zero-order chi connectivity index (χ0) is 27.1. The highest BCUT2D eigenvalue weighted by molar-refractivity contribution is 5.95. The monoisotopic (exact) mass is 502 g/mol. The molecular formula is C21H38N6O8. The predicted molar refractivity (Wildman–Crippen MR) is 124 cm³/mol. The van der Waals surface area contributed by atoms with E-state index >= 15 is 0 Å². The molecule has 0 spiro atoms. The van der Waals surface area contributed by atoms with Crippen LogP contribution in [0.5, 0.6) is 0 Å². The summed E-state index contributed by atoms with van der Waals surface area (Å²) in [4.78, 5) is 71.6. The summed E-state index contributed by atoms with van der Waals surface area (Å²) in [6.07, 6.45) is 0.0236. The number of carbonyl (C=O) groups is 6. The van der Waals surface area contributed by atoms with Crippen molar-refractivity contribution in [2.45, 2.75) is 83.0 Å². The van der Waals surface area contributed by atoms with Crippen LogP contribution < -0.4 is 33.2 Å².